The molecule has 0 bridgehead atoms. The van der Waals surface area contributed by atoms with E-state index in [1.54, 1.807) is 13.0 Å². The molecule has 1 aliphatic heterocycles. The highest BCUT2D eigenvalue weighted by atomic mass is 35.5. The highest BCUT2D eigenvalue weighted by molar-refractivity contribution is 6.22. The van der Waals surface area contributed by atoms with E-state index in [9.17, 15) is 18.3 Å². The molecule has 212 valence electrons. The molecule has 1 aromatic carbocycles. The molecular weight excluding hydrogens is 545 g/mol. The molecule has 1 saturated heterocycles. The maximum absolute atomic E-state index is 13.4. The van der Waals surface area contributed by atoms with Crippen LogP contribution in [0.1, 0.15) is 49.4 Å². The normalized spacial score (nSPS) is 19.9. The molecule has 3 N–H and O–H groups in total. The zero-order chi connectivity index (χ0) is 28.8. The minimum absolute atomic E-state index is 0.0395. The van der Waals surface area contributed by atoms with Crippen LogP contribution < -0.4 is 10.5 Å². The summed E-state index contributed by atoms with van der Waals surface area (Å²) >= 11 is 6.14. The van der Waals surface area contributed by atoms with Crippen molar-refractivity contribution in [2.45, 2.75) is 49.4 Å². The number of rotatable bonds is 6. The molecule has 1 fully saturated rings. The van der Waals surface area contributed by atoms with E-state index in [1.807, 2.05) is 23.1 Å². The number of aliphatic hydroxyl groups is 1. The van der Waals surface area contributed by atoms with E-state index < -0.39 is 23.5 Å². The van der Waals surface area contributed by atoms with E-state index >= 15 is 0 Å². The second-order valence-electron chi connectivity index (χ2n) is 10.2. The van der Waals surface area contributed by atoms with Gasteiger partial charge in [0, 0.05) is 30.1 Å². The van der Waals surface area contributed by atoms with E-state index in [4.69, 9.17) is 26.5 Å². The van der Waals surface area contributed by atoms with Crippen LogP contribution in [-0.2, 0) is 6.18 Å². The summed E-state index contributed by atoms with van der Waals surface area (Å²) in [6, 6.07) is 4.93. The molecule has 7 nitrogen and oxygen atoms in total. The number of nitrogens with two attached hydrogens (primary N) is 1. The molecule has 0 saturated carbocycles. The van der Waals surface area contributed by atoms with Gasteiger partial charge in [-0.1, -0.05) is 24.8 Å². The van der Waals surface area contributed by atoms with Gasteiger partial charge in [-0.3, -0.25) is 0 Å². The van der Waals surface area contributed by atoms with Crippen molar-refractivity contribution in [3.05, 3.63) is 71.8 Å². The first-order valence-electron chi connectivity index (χ1n) is 12.9. The minimum Gasteiger partial charge on any atom is -0.494 e. The lowest BCUT2D eigenvalue weighted by molar-refractivity contribution is -0.140. The molecule has 40 heavy (non-hydrogen) atoms. The number of methoxy groups -OCH3 is 1. The zero-order valence-electron chi connectivity index (χ0n) is 22.1. The van der Waals surface area contributed by atoms with E-state index in [0.717, 1.165) is 11.6 Å². The monoisotopic (exact) mass is 574 g/mol. The second-order valence-corrected chi connectivity index (χ2v) is 10.7. The van der Waals surface area contributed by atoms with Crippen molar-refractivity contribution in [2.75, 3.05) is 20.2 Å². The Morgan fingerprint density at radius 3 is 2.58 bits per heavy atom. The lowest BCUT2D eigenvalue weighted by Crippen LogP contribution is -2.44. The maximum atomic E-state index is 13.4. The van der Waals surface area contributed by atoms with Crippen molar-refractivity contribution in [1.82, 2.24) is 14.9 Å². The van der Waals surface area contributed by atoms with Gasteiger partial charge in [-0.2, -0.15) is 13.2 Å². The average molecular weight is 575 g/mol. The van der Waals surface area contributed by atoms with Gasteiger partial charge in [-0.15, -0.1) is 11.6 Å². The molecule has 0 spiro atoms. The van der Waals surface area contributed by atoms with Crippen molar-refractivity contribution in [1.29, 1.82) is 0 Å². The smallest absolute Gasteiger partial charge is 0.433 e. The Hall–Kier alpha value is -3.34. The maximum Gasteiger partial charge on any atom is 0.433 e. The Balaban J connectivity index is 1.46. The Morgan fingerprint density at radius 1 is 1.25 bits per heavy atom. The van der Waals surface area contributed by atoms with E-state index in [2.05, 4.69) is 16.5 Å². The van der Waals surface area contributed by atoms with Gasteiger partial charge < -0.3 is 24.9 Å². The number of oxazole rings is 1. The van der Waals surface area contributed by atoms with Crippen LogP contribution in [0, 0.1) is 0 Å². The quantitative estimate of drug-likeness (QED) is 0.337. The topological polar surface area (TPSA) is 97.6 Å². The van der Waals surface area contributed by atoms with Crippen LogP contribution in [0.5, 0.6) is 5.75 Å². The van der Waals surface area contributed by atoms with Crippen LogP contribution in [0.15, 0.2) is 59.1 Å². The number of benzene rings is 1. The van der Waals surface area contributed by atoms with Gasteiger partial charge >= 0.3 is 6.18 Å². The number of hydrogen-bond acceptors (Lipinski definition) is 7. The fraction of sp³-hybridized carbons (Fsp3) is 0.379. The van der Waals surface area contributed by atoms with Gasteiger partial charge in [0.25, 0.3) is 0 Å². The van der Waals surface area contributed by atoms with Crippen molar-refractivity contribution >= 4 is 28.2 Å². The molecule has 2 atom stereocenters. The minimum atomic E-state index is -4.61. The average Bonchev–Trinajstić information content (AvgIpc) is 3.38. The number of pyridine rings is 1. The SMILES string of the molecule is C=C(c1oc(-c2ccc(OC)c3nc(C(F)(F)F)ccc23)nc1C(C)N)N1CCC(O)(C2=CCC(Cl)C=C2)CC1. The van der Waals surface area contributed by atoms with Crippen LogP contribution in [0.3, 0.4) is 0 Å². The summed E-state index contributed by atoms with van der Waals surface area (Å²) in [6.45, 7) is 7.06. The number of aromatic nitrogens is 2. The fourth-order valence-electron chi connectivity index (χ4n) is 5.18. The molecule has 3 aromatic rings. The lowest BCUT2D eigenvalue weighted by Gasteiger charge is -2.41. The highest BCUT2D eigenvalue weighted by Gasteiger charge is 2.37. The summed E-state index contributed by atoms with van der Waals surface area (Å²) in [5.41, 5.74) is 6.66. The molecule has 5 rings (SSSR count). The first-order chi connectivity index (χ1) is 18.9. The predicted octanol–water partition coefficient (Wildman–Crippen LogP) is 6.23. The standard InChI is InChI=1S/C29H30ClF3N4O3/c1-16(34)24-26(17(2)37-14-12-28(38,13-15-37)18-4-6-19(30)7-5-18)40-27(36-24)21-8-10-22(39-3)25-20(21)9-11-23(35-25)29(31,32)33/h4-6,8-11,16,19,38H,2,7,12-15,34H2,1,3H3. The predicted molar refractivity (Wildman–Crippen MR) is 148 cm³/mol. The molecule has 2 aliphatic rings. The molecule has 1 aliphatic carbocycles. The van der Waals surface area contributed by atoms with Crippen LogP contribution in [-0.4, -0.2) is 51.2 Å². The molecule has 2 unspecified atom stereocenters. The Labute approximate surface area is 234 Å². The number of allylic oxidation sites excluding steroid dienone is 2. The summed E-state index contributed by atoms with van der Waals surface area (Å²) in [5, 5.41) is 11.6. The fourth-order valence-corrected chi connectivity index (χ4v) is 5.34. The number of nitrogens with zero attached hydrogens (tertiary/aromatic N) is 3. The third-order valence-corrected chi connectivity index (χ3v) is 7.79. The van der Waals surface area contributed by atoms with Gasteiger partial charge in [-0.05, 0) is 56.0 Å². The van der Waals surface area contributed by atoms with Gasteiger partial charge in [0.1, 0.15) is 22.7 Å². The molecule has 11 heteroatoms. The van der Waals surface area contributed by atoms with Gasteiger partial charge in [0.15, 0.2) is 5.76 Å². The van der Waals surface area contributed by atoms with Crippen molar-refractivity contribution in [3.8, 4) is 17.2 Å². The van der Waals surface area contributed by atoms with Gasteiger partial charge in [-0.25, -0.2) is 9.97 Å². The largest absolute Gasteiger partial charge is 0.494 e. The summed E-state index contributed by atoms with van der Waals surface area (Å²) < 4.78 is 51.6. The summed E-state index contributed by atoms with van der Waals surface area (Å²) in [7, 11) is 1.37. The number of halogens is 4. The van der Waals surface area contributed by atoms with E-state index in [1.165, 1.54) is 19.2 Å². The molecule has 0 radical (unpaired) electrons. The number of piperidine rings is 1. The molecule has 3 heterocycles. The first-order valence-corrected chi connectivity index (χ1v) is 13.4. The molecular formula is C29H30ClF3N4O3. The number of hydrogen-bond donors (Lipinski definition) is 2. The highest BCUT2D eigenvalue weighted by Crippen LogP contribution is 2.40. The molecule has 0 amide bonds. The van der Waals surface area contributed by atoms with Crippen molar-refractivity contribution in [2.24, 2.45) is 5.73 Å². The van der Waals surface area contributed by atoms with E-state index in [-0.39, 0.29) is 22.5 Å². The zero-order valence-corrected chi connectivity index (χ0v) is 22.9. The van der Waals surface area contributed by atoms with Gasteiger partial charge in [0.2, 0.25) is 5.89 Å². The van der Waals surface area contributed by atoms with Crippen LogP contribution >= 0.6 is 11.6 Å². The summed E-state index contributed by atoms with van der Waals surface area (Å²) in [6.07, 6.45) is 2.83. The van der Waals surface area contributed by atoms with Crippen molar-refractivity contribution < 1.29 is 27.4 Å². The summed E-state index contributed by atoms with van der Waals surface area (Å²) in [5.74, 6) is 0.763. The van der Waals surface area contributed by atoms with Crippen LogP contribution in [0.25, 0.3) is 28.1 Å². The third-order valence-electron chi connectivity index (χ3n) is 7.46. The van der Waals surface area contributed by atoms with Crippen LogP contribution in [0.4, 0.5) is 13.2 Å². The second kappa shape index (κ2) is 10.6. The summed E-state index contributed by atoms with van der Waals surface area (Å²) in [4.78, 5) is 10.5. The number of ether oxygens (including phenoxy) is 1. The lowest BCUT2D eigenvalue weighted by atomic mass is 9.81. The Kier molecular flexibility index (Phi) is 7.45. The Bertz CT molecular complexity index is 1500. The first kappa shape index (κ1) is 28.2. The number of likely N-dealkylation sites (tertiary alicyclic amines) is 1. The number of alkyl halides is 4. The Morgan fingerprint density at radius 2 is 1.98 bits per heavy atom. The molecule has 2 aromatic heterocycles. The van der Waals surface area contributed by atoms with E-state index in [0.29, 0.717) is 60.5 Å². The van der Waals surface area contributed by atoms with Gasteiger partial charge in [0.05, 0.1) is 23.8 Å². The number of fused-ring (bicyclic) bond motifs is 1. The third kappa shape index (κ3) is 5.23. The van der Waals surface area contributed by atoms with Crippen molar-refractivity contribution in [3.63, 3.8) is 0 Å². The van der Waals surface area contributed by atoms with Crippen LogP contribution in [0.2, 0.25) is 0 Å².